The van der Waals surface area contributed by atoms with Crippen molar-refractivity contribution in [1.82, 2.24) is 15.2 Å². The van der Waals surface area contributed by atoms with E-state index >= 15 is 0 Å². The second kappa shape index (κ2) is 5.69. The predicted octanol–water partition coefficient (Wildman–Crippen LogP) is 1.24. The smallest absolute Gasteiger partial charge is 0.248 e. The van der Waals surface area contributed by atoms with Gasteiger partial charge in [-0.15, -0.1) is 0 Å². The Kier molecular flexibility index (Phi) is 3.75. The van der Waals surface area contributed by atoms with Crippen LogP contribution in [0.15, 0.2) is 35.1 Å². The second-order valence-corrected chi connectivity index (χ2v) is 5.55. The minimum absolute atomic E-state index is 0.0803. The fourth-order valence-corrected chi connectivity index (χ4v) is 2.90. The molecule has 3 rings (SSSR count). The zero-order valence-electron chi connectivity index (χ0n) is 12.1. The highest BCUT2D eigenvalue weighted by atomic mass is 16.2. The molecule has 1 amide bonds. The Labute approximate surface area is 123 Å². The zero-order chi connectivity index (χ0) is 14.8. The van der Waals surface area contributed by atoms with E-state index in [1.54, 1.807) is 18.0 Å². The van der Waals surface area contributed by atoms with Gasteiger partial charge in [-0.25, -0.2) is 0 Å². The van der Waals surface area contributed by atoms with Crippen molar-refractivity contribution in [3.63, 3.8) is 0 Å². The van der Waals surface area contributed by atoms with Crippen molar-refractivity contribution in [2.75, 3.05) is 13.6 Å². The van der Waals surface area contributed by atoms with E-state index < -0.39 is 0 Å². The molecule has 1 atom stereocenters. The van der Waals surface area contributed by atoms with Gasteiger partial charge in [-0.05, 0) is 31.0 Å². The Morgan fingerprint density at radius 1 is 1.38 bits per heavy atom. The number of carbonyl (C=O) groups is 1. The summed E-state index contributed by atoms with van der Waals surface area (Å²) in [6, 6.07) is 9.16. The molecule has 2 heterocycles. The number of fused-ring (bicyclic) bond motifs is 1. The van der Waals surface area contributed by atoms with Crippen LogP contribution in [0, 0.1) is 0 Å². The lowest BCUT2D eigenvalue weighted by Crippen LogP contribution is -2.41. The molecule has 0 bridgehead atoms. The molecule has 110 valence electrons. The van der Waals surface area contributed by atoms with E-state index in [0.717, 1.165) is 35.9 Å². The summed E-state index contributed by atoms with van der Waals surface area (Å²) in [6.45, 7) is 1.35. The van der Waals surface area contributed by atoms with Gasteiger partial charge in [0.1, 0.15) is 0 Å². The molecule has 1 aliphatic heterocycles. The lowest BCUT2D eigenvalue weighted by molar-refractivity contribution is -0.132. The number of nitrogens with one attached hydrogen (secondary N) is 2. The molecule has 5 nitrogen and oxygen atoms in total. The third-order valence-electron chi connectivity index (χ3n) is 3.98. The number of aromatic amines is 1. The molecular weight excluding hydrogens is 266 g/mol. The van der Waals surface area contributed by atoms with E-state index in [1.165, 1.54) is 0 Å². The molecule has 1 unspecified atom stereocenters. The van der Waals surface area contributed by atoms with Crippen LogP contribution >= 0.6 is 0 Å². The monoisotopic (exact) mass is 285 g/mol. The standard InChI is InChI=1S/C16H19N3O2/c1-19(16(21)14-7-4-8-17-14)10-11-9-15(20)18-13-6-3-2-5-12(11)13/h2-3,5-6,9,14,17H,4,7-8,10H2,1H3,(H,18,20). The number of hydrogen-bond acceptors (Lipinski definition) is 3. The number of para-hydroxylation sites is 1. The van der Waals surface area contributed by atoms with Gasteiger partial charge in [0.2, 0.25) is 11.5 Å². The summed E-state index contributed by atoms with van der Waals surface area (Å²) >= 11 is 0. The number of amides is 1. The van der Waals surface area contributed by atoms with E-state index in [2.05, 4.69) is 10.3 Å². The summed E-state index contributed by atoms with van der Waals surface area (Å²) < 4.78 is 0. The van der Waals surface area contributed by atoms with Crippen molar-refractivity contribution in [1.29, 1.82) is 0 Å². The summed E-state index contributed by atoms with van der Waals surface area (Å²) in [6.07, 6.45) is 1.93. The highest BCUT2D eigenvalue weighted by Gasteiger charge is 2.25. The topological polar surface area (TPSA) is 65.2 Å². The summed E-state index contributed by atoms with van der Waals surface area (Å²) in [7, 11) is 1.79. The highest BCUT2D eigenvalue weighted by Crippen LogP contribution is 2.17. The Bertz CT molecular complexity index is 717. The Balaban J connectivity index is 1.87. The van der Waals surface area contributed by atoms with Crippen LogP contribution in [0.1, 0.15) is 18.4 Å². The zero-order valence-corrected chi connectivity index (χ0v) is 12.1. The minimum Gasteiger partial charge on any atom is -0.340 e. The summed E-state index contributed by atoms with van der Waals surface area (Å²) in [4.78, 5) is 28.6. The molecule has 1 aromatic carbocycles. The van der Waals surface area contributed by atoms with Gasteiger partial charge in [-0.1, -0.05) is 18.2 Å². The van der Waals surface area contributed by atoms with Crippen LogP contribution in [-0.4, -0.2) is 35.4 Å². The largest absolute Gasteiger partial charge is 0.340 e. The van der Waals surface area contributed by atoms with E-state index in [0.29, 0.717) is 6.54 Å². The van der Waals surface area contributed by atoms with Crippen molar-refractivity contribution >= 4 is 16.8 Å². The van der Waals surface area contributed by atoms with Gasteiger partial charge < -0.3 is 15.2 Å². The fourth-order valence-electron chi connectivity index (χ4n) is 2.90. The van der Waals surface area contributed by atoms with Crippen LogP contribution < -0.4 is 10.9 Å². The molecule has 2 N–H and O–H groups in total. The normalized spacial score (nSPS) is 18.0. The van der Waals surface area contributed by atoms with Crippen LogP contribution in [0.25, 0.3) is 10.9 Å². The van der Waals surface area contributed by atoms with Crippen molar-refractivity contribution in [3.05, 3.63) is 46.2 Å². The molecule has 1 saturated heterocycles. The second-order valence-electron chi connectivity index (χ2n) is 5.55. The molecule has 5 heteroatoms. The first-order valence-electron chi connectivity index (χ1n) is 7.24. The van der Waals surface area contributed by atoms with E-state index in [4.69, 9.17) is 0 Å². The Hall–Kier alpha value is -2.14. The molecule has 2 aromatic rings. The third kappa shape index (κ3) is 2.83. The van der Waals surface area contributed by atoms with Crippen LogP contribution in [0.5, 0.6) is 0 Å². The molecule has 1 fully saturated rings. The summed E-state index contributed by atoms with van der Waals surface area (Å²) in [5.74, 6) is 0.0943. The predicted molar refractivity (Wildman–Crippen MR) is 82.1 cm³/mol. The maximum atomic E-state index is 12.3. The number of rotatable bonds is 3. The molecular formula is C16H19N3O2. The van der Waals surface area contributed by atoms with Gasteiger partial charge in [0.25, 0.3) is 0 Å². The van der Waals surface area contributed by atoms with Crippen LogP contribution in [0.3, 0.4) is 0 Å². The molecule has 0 spiro atoms. The van der Waals surface area contributed by atoms with Gasteiger partial charge in [-0.2, -0.15) is 0 Å². The third-order valence-corrected chi connectivity index (χ3v) is 3.98. The fraction of sp³-hybridized carbons (Fsp3) is 0.375. The lowest BCUT2D eigenvalue weighted by Gasteiger charge is -2.21. The number of benzene rings is 1. The van der Waals surface area contributed by atoms with Crippen LogP contribution in [0.4, 0.5) is 0 Å². The van der Waals surface area contributed by atoms with Gasteiger partial charge in [0, 0.05) is 30.6 Å². The van der Waals surface area contributed by atoms with Gasteiger partial charge >= 0.3 is 0 Å². The van der Waals surface area contributed by atoms with Crippen LogP contribution in [0.2, 0.25) is 0 Å². The number of aromatic nitrogens is 1. The van der Waals surface area contributed by atoms with Crippen molar-refractivity contribution in [2.45, 2.75) is 25.4 Å². The minimum atomic E-state index is -0.136. The average Bonchev–Trinajstić information content (AvgIpc) is 3.00. The summed E-state index contributed by atoms with van der Waals surface area (Å²) in [5, 5.41) is 4.20. The lowest BCUT2D eigenvalue weighted by atomic mass is 10.1. The Morgan fingerprint density at radius 3 is 2.95 bits per heavy atom. The summed E-state index contributed by atoms with van der Waals surface area (Å²) in [5.41, 5.74) is 1.55. The van der Waals surface area contributed by atoms with Gasteiger partial charge in [-0.3, -0.25) is 9.59 Å². The van der Waals surface area contributed by atoms with Crippen molar-refractivity contribution in [2.24, 2.45) is 0 Å². The number of H-pyrrole nitrogens is 1. The first-order valence-corrected chi connectivity index (χ1v) is 7.24. The number of carbonyl (C=O) groups excluding carboxylic acids is 1. The maximum Gasteiger partial charge on any atom is 0.248 e. The van der Waals surface area contributed by atoms with Gasteiger partial charge in [0.15, 0.2) is 0 Å². The molecule has 1 aliphatic rings. The quantitative estimate of drug-likeness (QED) is 0.891. The molecule has 1 aromatic heterocycles. The number of pyridine rings is 1. The number of nitrogens with zero attached hydrogens (tertiary/aromatic N) is 1. The van der Waals surface area contributed by atoms with E-state index in [-0.39, 0.29) is 17.5 Å². The van der Waals surface area contributed by atoms with Crippen molar-refractivity contribution in [3.8, 4) is 0 Å². The molecule has 0 aliphatic carbocycles. The Morgan fingerprint density at radius 2 is 2.19 bits per heavy atom. The molecule has 0 radical (unpaired) electrons. The molecule has 0 saturated carbocycles. The molecule has 21 heavy (non-hydrogen) atoms. The van der Waals surface area contributed by atoms with Crippen molar-refractivity contribution < 1.29 is 4.79 Å². The highest BCUT2D eigenvalue weighted by molar-refractivity contribution is 5.84. The SMILES string of the molecule is CN(Cc1cc(=O)[nH]c2ccccc12)C(=O)C1CCCN1. The van der Waals surface area contributed by atoms with Gasteiger partial charge in [0.05, 0.1) is 6.04 Å². The van der Waals surface area contributed by atoms with Crippen LogP contribution in [-0.2, 0) is 11.3 Å². The van der Waals surface area contributed by atoms with E-state index in [9.17, 15) is 9.59 Å². The first-order chi connectivity index (χ1) is 10.1. The van der Waals surface area contributed by atoms with E-state index in [1.807, 2.05) is 24.3 Å². The first kappa shape index (κ1) is 13.8. The average molecular weight is 285 g/mol. The maximum absolute atomic E-state index is 12.3. The number of hydrogen-bond donors (Lipinski definition) is 2. The number of likely N-dealkylation sites (N-methyl/N-ethyl adjacent to an activating group) is 1.